The number of carbonyl (C=O) groups is 3. The van der Waals surface area contributed by atoms with Gasteiger partial charge in [0, 0.05) is 11.1 Å². The van der Waals surface area contributed by atoms with E-state index in [0.29, 0.717) is 28.9 Å². The van der Waals surface area contributed by atoms with Crippen molar-refractivity contribution in [3.05, 3.63) is 58.7 Å². The van der Waals surface area contributed by atoms with Crippen LogP contribution in [0.5, 0.6) is 11.5 Å². The summed E-state index contributed by atoms with van der Waals surface area (Å²) in [6, 6.07) is 9.98. The van der Waals surface area contributed by atoms with Gasteiger partial charge in [0.1, 0.15) is 6.29 Å². The quantitative estimate of drug-likeness (QED) is 0.610. The first-order chi connectivity index (χ1) is 12.4. The third kappa shape index (κ3) is 4.83. The molecular weight excluding hydrogens is 336 g/mol. The molecule has 136 valence electrons. The summed E-state index contributed by atoms with van der Waals surface area (Å²) >= 11 is 0. The fourth-order valence-electron chi connectivity index (χ4n) is 2.32. The third-order valence-corrected chi connectivity index (χ3v) is 3.62. The Morgan fingerprint density at radius 3 is 2.46 bits per heavy atom. The van der Waals surface area contributed by atoms with Gasteiger partial charge in [0.2, 0.25) is 0 Å². The molecule has 0 spiro atoms. The summed E-state index contributed by atoms with van der Waals surface area (Å²) < 4.78 is 10.5. The zero-order valence-corrected chi connectivity index (χ0v) is 14.8. The van der Waals surface area contributed by atoms with Gasteiger partial charge in [-0.15, -0.1) is 0 Å². The Bertz CT molecular complexity index is 833. The van der Waals surface area contributed by atoms with Crippen LogP contribution < -0.4 is 20.3 Å². The van der Waals surface area contributed by atoms with Crippen molar-refractivity contribution in [3.63, 3.8) is 0 Å². The average molecular weight is 356 g/mol. The van der Waals surface area contributed by atoms with E-state index in [1.165, 1.54) is 19.2 Å². The first-order valence-electron chi connectivity index (χ1n) is 7.87. The summed E-state index contributed by atoms with van der Waals surface area (Å²) in [6.45, 7) is 3.43. The van der Waals surface area contributed by atoms with E-state index in [-0.39, 0.29) is 6.61 Å². The molecular formula is C19H20N2O5. The second kappa shape index (κ2) is 8.66. The Hall–Kier alpha value is -3.35. The van der Waals surface area contributed by atoms with Crippen LogP contribution in [0.2, 0.25) is 0 Å². The SMILES string of the molecule is COc1cc(C=O)ccc1OCC(=O)NNC(=O)c1ccc(C)cc1C. The number of hydrazine groups is 1. The molecule has 0 heterocycles. The van der Waals surface area contributed by atoms with Crippen molar-refractivity contribution in [2.45, 2.75) is 13.8 Å². The number of methoxy groups -OCH3 is 1. The van der Waals surface area contributed by atoms with Gasteiger partial charge in [-0.25, -0.2) is 0 Å². The highest BCUT2D eigenvalue weighted by atomic mass is 16.5. The molecule has 0 fully saturated rings. The fourth-order valence-corrected chi connectivity index (χ4v) is 2.32. The van der Waals surface area contributed by atoms with Gasteiger partial charge in [0.25, 0.3) is 11.8 Å². The highest BCUT2D eigenvalue weighted by molar-refractivity contribution is 5.96. The Morgan fingerprint density at radius 1 is 1.04 bits per heavy atom. The molecule has 2 aromatic carbocycles. The van der Waals surface area contributed by atoms with Gasteiger partial charge >= 0.3 is 0 Å². The minimum Gasteiger partial charge on any atom is -0.493 e. The van der Waals surface area contributed by atoms with Gasteiger partial charge in [-0.1, -0.05) is 17.7 Å². The number of benzene rings is 2. The summed E-state index contributed by atoms with van der Waals surface area (Å²) in [5, 5.41) is 0. The highest BCUT2D eigenvalue weighted by Gasteiger charge is 2.12. The zero-order valence-electron chi connectivity index (χ0n) is 14.8. The first-order valence-corrected chi connectivity index (χ1v) is 7.87. The van der Waals surface area contributed by atoms with Gasteiger partial charge in [0.15, 0.2) is 18.1 Å². The molecule has 0 saturated carbocycles. The minimum absolute atomic E-state index is 0.314. The molecule has 7 nitrogen and oxygen atoms in total. The van der Waals surface area contributed by atoms with Crippen LogP contribution in [0, 0.1) is 13.8 Å². The van der Waals surface area contributed by atoms with Crippen LogP contribution in [0.4, 0.5) is 0 Å². The smallest absolute Gasteiger partial charge is 0.276 e. The summed E-state index contributed by atoms with van der Waals surface area (Å²) in [4.78, 5) is 34.7. The van der Waals surface area contributed by atoms with Crippen molar-refractivity contribution >= 4 is 18.1 Å². The van der Waals surface area contributed by atoms with Gasteiger partial charge in [0.05, 0.1) is 7.11 Å². The molecule has 26 heavy (non-hydrogen) atoms. The third-order valence-electron chi connectivity index (χ3n) is 3.62. The predicted molar refractivity (Wildman–Crippen MR) is 95.4 cm³/mol. The maximum atomic E-state index is 12.1. The van der Waals surface area contributed by atoms with Crippen molar-refractivity contribution < 1.29 is 23.9 Å². The van der Waals surface area contributed by atoms with E-state index < -0.39 is 11.8 Å². The van der Waals surface area contributed by atoms with E-state index in [0.717, 1.165) is 11.1 Å². The van der Waals surface area contributed by atoms with E-state index in [9.17, 15) is 14.4 Å². The number of aldehydes is 1. The van der Waals surface area contributed by atoms with Crippen LogP contribution in [0.3, 0.4) is 0 Å². The molecule has 0 aliphatic carbocycles. The number of hydrogen-bond acceptors (Lipinski definition) is 5. The van der Waals surface area contributed by atoms with Crippen molar-refractivity contribution in [1.29, 1.82) is 0 Å². The van der Waals surface area contributed by atoms with Gasteiger partial charge in [-0.3, -0.25) is 25.2 Å². The number of nitrogens with one attached hydrogen (secondary N) is 2. The van der Waals surface area contributed by atoms with Crippen LogP contribution >= 0.6 is 0 Å². The fraction of sp³-hybridized carbons (Fsp3) is 0.211. The Kier molecular flexibility index (Phi) is 6.32. The molecule has 0 aromatic heterocycles. The van der Waals surface area contributed by atoms with E-state index in [1.807, 2.05) is 26.0 Å². The van der Waals surface area contributed by atoms with E-state index >= 15 is 0 Å². The highest BCUT2D eigenvalue weighted by Crippen LogP contribution is 2.27. The number of rotatable bonds is 6. The van der Waals surface area contributed by atoms with Crippen molar-refractivity contribution in [2.24, 2.45) is 0 Å². The number of aryl methyl sites for hydroxylation is 2. The number of hydrogen-bond donors (Lipinski definition) is 2. The second-order valence-electron chi connectivity index (χ2n) is 5.64. The van der Waals surface area contributed by atoms with Crippen LogP contribution in [-0.2, 0) is 4.79 Å². The van der Waals surface area contributed by atoms with Gasteiger partial charge in [-0.05, 0) is 43.7 Å². The lowest BCUT2D eigenvalue weighted by Crippen LogP contribution is -2.44. The topological polar surface area (TPSA) is 93.7 Å². The average Bonchev–Trinajstić information content (AvgIpc) is 2.64. The second-order valence-corrected chi connectivity index (χ2v) is 5.64. The van der Waals surface area contributed by atoms with Crippen LogP contribution in [0.1, 0.15) is 31.8 Å². The summed E-state index contributed by atoms with van der Waals surface area (Å²) in [5.74, 6) is -0.302. The number of amides is 2. The molecule has 0 bridgehead atoms. The molecule has 0 atom stereocenters. The van der Waals surface area contributed by atoms with E-state index in [4.69, 9.17) is 9.47 Å². The minimum atomic E-state index is -0.537. The standard InChI is InChI=1S/C19H20N2O5/c1-12-4-6-15(13(2)8-12)19(24)21-20-18(23)11-26-16-7-5-14(10-22)9-17(16)25-3/h4-10H,11H2,1-3H3,(H,20,23)(H,21,24). The zero-order chi connectivity index (χ0) is 19.1. The lowest BCUT2D eigenvalue weighted by atomic mass is 10.1. The lowest BCUT2D eigenvalue weighted by molar-refractivity contribution is -0.123. The maximum absolute atomic E-state index is 12.1. The van der Waals surface area contributed by atoms with Crippen molar-refractivity contribution in [1.82, 2.24) is 10.9 Å². The number of carbonyl (C=O) groups excluding carboxylic acids is 3. The lowest BCUT2D eigenvalue weighted by Gasteiger charge is -2.12. The van der Waals surface area contributed by atoms with E-state index in [1.54, 1.807) is 12.1 Å². The molecule has 0 aliphatic heterocycles. The Labute approximate surface area is 151 Å². The van der Waals surface area contributed by atoms with Gasteiger partial charge in [-0.2, -0.15) is 0 Å². The Morgan fingerprint density at radius 2 is 1.81 bits per heavy atom. The molecule has 2 amide bonds. The molecule has 7 heteroatoms. The summed E-state index contributed by atoms with van der Waals surface area (Å²) in [6.07, 6.45) is 0.682. The molecule has 0 aliphatic rings. The normalized spacial score (nSPS) is 9.96. The molecule has 2 N–H and O–H groups in total. The van der Waals surface area contributed by atoms with E-state index in [2.05, 4.69) is 10.9 Å². The molecule has 2 rings (SSSR count). The molecule has 0 unspecified atom stereocenters. The van der Waals surface area contributed by atoms with Crippen LogP contribution in [0.25, 0.3) is 0 Å². The Balaban J connectivity index is 1.89. The van der Waals surface area contributed by atoms with Crippen molar-refractivity contribution in [3.8, 4) is 11.5 Å². The monoisotopic (exact) mass is 356 g/mol. The molecule has 0 saturated heterocycles. The summed E-state index contributed by atoms with van der Waals surface area (Å²) in [5.41, 5.74) is 7.40. The van der Waals surface area contributed by atoms with Crippen LogP contribution in [-0.4, -0.2) is 31.8 Å². The predicted octanol–water partition coefficient (Wildman–Crippen LogP) is 1.96. The van der Waals surface area contributed by atoms with Crippen LogP contribution in [0.15, 0.2) is 36.4 Å². The van der Waals surface area contributed by atoms with Gasteiger partial charge < -0.3 is 9.47 Å². The molecule has 2 aromatic rings. The molecule has 0 radical (unpaired) electrons. The summed E-state index contributed by atoms with van der Waals surface area (Å²) in [7, 11) is 1.43. The van der Waals surface area contributed by atoms with Crippen molar-refractivity contribution in [2.75, 3.05) is 13.7 Å². The first kappa shape index (κ1) is 19.0. The maximum Gasteiger partial charge on any atom is 0.276 e. The largest absolute Gasteiger partial charge is 0.493 e. The number of ether oxygens (including phenoxy) is 2.